The van der Waals surface area contributed by atoms with E-state index in [1.807, 2.05) is 24.3 Å². The molecule has 1 N–H and O–H groups in total. The molecule has 1 aromatic carbocycles. The maximum absolute atomic E-state index is 6.17. The van der Waals surface area contributed by atoms with Crippen molar-refractivity contribution in [3.63, 3.8) is 0 Å². The van der Waals surface area contributed by atoms with E-state index in [1.165, 1.54) is 0 Å². The van der Waals surface area contributed by atoms with E-state index in [2.05, 4.69) is 17.2 Å². The van der Waals surface area contributed by atoms with Gasteiger partial charge in [-0.2, -0.15) is 0 Å². The molecular formula is C19H25ClN2O3. The van der Waals surface area contributed by atoms with Crippen LogP contribution in [-0.4, -0.2) is 31.9 Å². The van der Waals surface area contributed by atoms with Crippen molar-refractivity contribution in [2.24, 2.45) is 0 Å². The van der Waals surface area contributed by atoms with Crippen LogP contribution in [0, 0.1) is 0 Å². The monoisotopic (exact) mass is 364 g/mol. The molecule has 0 bridgehead atoms. The molecule has 136 valence electrons. The summed E-state index contributed by atoms with van der Waals surface area (Å²) < 4.78 is 16.8. The summed E-state index contributed by atoms with van der Waals surface area (Å²) >= 11 is 6.17. The van der Waals surface area contributed by atoms with Crippen LogP contribution in [0.5, 0.6) is 17.4 Å². The molecule has 0 saturated heterocycles. The van der Waals surface area contributed by atoms with Gasteiger partial charge < -0.3 is 19.5 Å². The van der Waals surface area contributed by atoms with E-state index in [0.717, 1.165) is 30.7 Å². The van der Waals surface area contributed by atoms with Crippen molar-refractivity contribution in [3.8, 4) is 17.4 Å². The molecule has 1 aromatic heterocycles. The molecular weight excluding hydrogens is 340 g/mol. The van der Waals surface area contributed by atoms with Crippen molar-refractivity contribution >= 4 is 11.6 Å². The SMILES string of the molecule is CCCOc1c(CNCCCOc2ccccn2)cc(Cl)cc1OC. The molecule has 0 amide bonds. The van der Waals surface area contributed by atoms with Crippen molar-refractivity contribution in [2.45, 2.75) is 26.3 Å². The van der Waals surface area contributed by atoms with Crippen LogP contribution in [0.4, 0.5) is 0 Å². The van der Waals surface area contributed by atoms with Gasteiger partial charge in [0.2, 0.25) is 5.88 Å². The second kappa shape index (κ2) is 10.8. The van der Waals surface area contributed by atoms with Crippen molar-refractivity contribution in [3.05, 3.63) is 47.1 Å². The molecule has 25 heavy (non-hydrogen) atoms. The second-order valence-electron chi connectivity index (χ2n) is 5.49. The fourth-order valence-corrected chi connectivity index (χ4v) is 2.53. The number of pyridine rings is 1. The third kappa shape index (κ3) is 6.44. The van der Waals surface area contributed by atoms with Crippen LogP contribution < -0.4 is 19.5 Å². The fraction of sp³-hybridized carbons (Fsp3) is 0.421. The van der Waals surface area contributed by atoms with Gasteiger partial charge in [0.15, 0.2) is 11.5 Å². The topological polar surface area (TPSA) is 52.6 Å². The molecule has 0 aliphatic carbocycles. The van der Waals surface area contributed by atoms with E-state index in [1.54, 1.807) is 19.4 Å². The Labute approximate surface area is 154 Å². The zero-order valence-electron chi connectivity index (χ0n) is 14.8. The summed E-state index contributed by atoms with van der Waals surface area (Å²) in [4.78, 5) is 4.13. The smallest absolute Gasteiger partial charge is 0.213 e. The zero-order chi connectivity index (χ0) is 17.9. The summed E-state index contributed by atoms with van der Waals surface area (Å²) in [6.07, 6.45) is 3.53. The number of hydrogen-bond acceptors (Lipinski definition) is 5. The van der Waals surface area contributed by atoms with Gasteiger partial charge in [0.1, 0.15) is 0 Å². The Hall–Kier alpha value is -1.98. The van der Waals surface area contributed by atoms with E-state index in [4.69, 9.17) is 25.8 Å². The van der Waals surface area contributed by atoms with Gasteiger partial charge in [0, 0.05) is 35.5 Å². The lowest BCUT2D eigenvalue weighted by molar-refractivity contribution is 0.288. The first-order valence-electron chi connectivity index (χ1n) is 8.48. The van der Waals surface area contributed by atoms with Crippen LogP contribution >= 0.6 is 11.6 Å². The Morgan fingerprint density at radius 3 is 2.76 bits per heavy atom. The average Bonchev–Trinajstić information content (AvgIpc) is 2.64. The molecule has 0 spiro atoms. The Morgan fingerprint density at radius 2 is 2.04 bits per heavy atom. The number of methoxy groups -OCH3 is 1. The van der Waals surface area contributed by atoms with Crippen molar-refractivity contribution < 1.29 is 14.2 Å². The first-order valence-corrected chi connectivity index (χ1v) is 8.86. The molecule has 0 atom stereocenters. The normalized spacial score (nSPS) is 10.5. The standard InChI is InChI=1S/C19H25ClN2O3/c1-3-10-25-19-15(12-16(20)13-17(19)23-2)14-21-8-6-11-24-18-7-4-5-9-22-18/h4-5,7,9,12-13,21H,3,6,8,10-11,14H2,1-2H3. The van der Waals surface area contributed by atoms with Gasteiger partial charge in [-0.25, -0.2) is 4.98 Å². The maximum Gasteiger partial charge on any atom is 0.213 e. The Bertz CT molecular complexity index is 638. The quantitative estimate of drug-likeness (QED) is 0.608. The lowest BCUT2D eigenvalue weighted by Crippen LogP contribution is -2.18. The van der Waals surface area contributed by atoms with Crippen LogP contribution in [0.2, 0.25) is 5.02 Å². The van der Waals surface area contributed by atoms with Crippen LogP contribution in [-0.2, 0) is 6.54 Å². The molecule has 1 heterocycles. The van der Waals surface area contributed by atoms with E-state index in [0.29, 0.717) is 36.4 Å². The van der Waals surface area contributed by atoms with Crippen molar-refractivity contribution in [1.29, 1.82) is 0 Å². The molecule has 6 heteroatoms. The number of hydrogen-bond donors (Lipinski definition) is 1. The van der Waals surface area contributed by atoms with Crippen LogP contribution in [0.15, 0.2) is 36.5 Å². The van der Waals surface area contributed by atoms with Gasteiger partial charge in [-0.15, -0.1) is 0 Å². The Morgan fingerprint density at radius 1 is 1.16 bits per heavy atom. The Balaban J connectivity index is 1.81. The first-order chi connectivity index (χ1) is 12.2. The Kier molecular flexibility index (Phi) is 8.35. The largest absolute Gasteiger partial charge is 0.493 e. The molecule has 5 nitrogen and oxygen atoms in total. The summed E-state index contributed by atoms with van der Waals surface area (Å²) in [7, 11) is 1.62. The molecule has 0 aliphatic rings. The first kappa shape index (κ1) is 19.3. The van der Waals surface area contributed by atoms with E-state index >= 15 is 0 Å². The van der Waals surface area contributed by atoms with Crippen LogP contribution in [0.25, 0.3) is 0 Å². The van der Waals surface area contributed by atoms with Crippen molar-refractivity contribution in [1.82, 2.24) is 10.3 Å². The van der Waals surface area contributed by atoms with Gasteiger partial charge in [-0.1, -0.05) is 24.6 Å². The highest BCUT2D eigenvalue weighted by molar-refractivity contribution is 6.30. The molecule has 0 radical (unpaired) electrons. The number of nitrogens with one attached hydrogen (secondary N) is 1. The average molecular weight is 365 g/mol. The molecule has 2 aromatic rings. The predicted octanol–water partition coefficient (Wildman–Crippen LogP) is 4.09. The number of halogens is 1. The molecule has 2 rings (SSSR count). The third-order valence-electron chi connectivity index (χ3n) is 3.47. The summed E-state index contributed by atoms with van der Waals surface area (Å²) in [6.45, 7) is 4.79. The number of rotatable bonds is 11. The molecule has 0 fully saturated rings. The minimum absolute atomic E-state index is 0.613. The van der Waals surface area contributed by atoms with Crippen molar-refractivity contribution in [2.75, 3.05) is 26.9 Å². The lowest BCUT2D eigenvalue weighted by Gasteiger charge is -2.16. The molecule has 0 aliphatic heterocycles. The lowest BCUT2D eigenvalue weighted by atomic mass is 10.1. The van der Waals surface area contributed by atoms with E-state index in [9.17, 15) is 0 Å². The van der Waals surface area contributed by atoms with Gasteiger partial charge >= 0.3 is 0 Å². The number of nitrogens with zero attached hydrogens (tertiary/aromatic N) is 1. The highest BCUT2D eigenvalue weighted by atomic mass is 35.5. The third-order valence-corrected chi connectivity index (χ3v) is 3.69. The number of ether oxygens (including phenoxy) is 3. The predicted molar refractivity (Wildman–Crippen MR) is 99.8 cm³/mol. The minimum Gasteiger partial charge on any atom is -0.493 e. The van der Waals surface area contributed by atoms with Gasteiger partial charge in [-0.05, 0) is 31.5 Å². The van der Waals surface area contributed by atoms with E-state index in [-0.39, 0.29) is 0 Å². The van der Waals surface area contributed by atoms with Gasteiger partial charge in [-0.3, -0.25) is 0 Å². The molecule has 0 saturated carbocycles. The highest BCUT2D eigenvalue weighted by Crippen LogP contribution is 2.34. The summed E-state index contributed by atoms with van der Waals surface area (Å²) in [5, 5.41) is 4.02. The van der Waals surface area contributed by atoms with E-state index < -0.39 is 0 Å². The second-order valence-corrected chi connectivity index (χ2v) is 5.93. The summed E-state index contributed by atoms with van der Waals surface area (Å²) in [5.74, 6) is 2.07. The zero-order valence-corrected chi connectivity index (χ0v) is 15.5. The molecule has 0 unspecified atom stereocenters. The fourth-order valence-electron chi connectivity index (χ4n) is 2.30. The number of benzene rings is 1. The van der Waals surface area contributed by atoms with Gasteiger partial charge in [0.25, 0.3) is 0 Å². The van der Waals surface area contributed by atoms with Gasteiger partial charge in [0.05, 0.1) is 20.3 Å². The summed E-state index contributed by atoms with van der Waals surface area (Å²) in [6, 6.07) is 9.31. The minimum atomic E-state index is 0.613. The summed E-state index contributed by atoms with van der Waals surface area (Å²) in [5.41, 5.74) is 0.989. The number of aromatic nitrogens is 1. The van der Waals surface area contributed by atoms with Crippen LogP contribution in [0.3, 0.4) is 0 Å². The highest BCUT2D eigenvalue weighted by Gasteiger charge is 2.12. The maximum atomic E-state index is 6.17. The van der Waals surface area contributed by atoms with Crippen LogP contribution in [0.1, 0.15) is 25.3 Å².